The van der Waals surface area contributed by atoms with Gasteiger partial charge in [-0.3, -0.25) is 4.90 Å². The molecule has 3 nitrogen and oxygen atoms in total. The Morgan fingerprint density at radius 3 is 1.86 bits per heavy atom. The van der Waals surface area contributed by atoms with Crippen LogP contribution in [-0.4, -0.2) is 48.2 Å². The Labute approximate surface area is 176 Å². The molecule has 0 N–H and O–H groups in total. The lowest BCUT2D eigenvalue weighted by Crippen LogP contribution is -2.39. The molecule has 1 aliphatic heterocycles. The Hall–Kier alpha value is -1.68. The second-order valence-electron chi connectivity index (χ2n) is 8.73. The summed E-state index contributed by atoms with van der Waals surface area (Å²) in [5.74, 6) is 0. The van der Waals surface area contributed by atoms with Crippen LogP contribution in [0.1, 0.15) is 49.7 Å². The third-order valence-electron chi connectivity index (χ3n) is 6.58. The van der Waals surface area contributed by atoms with Crippen molar-refractivity contribution in [2.24, 2.45) is 0 Å². The first-order valence-corrected chi connectivity index (χ1v) is 11.5. The second kappa shape index (κ2) is 10.9. The third-order valence-corrected chi connectivity index (χ3v) is 6.58. The summed E-state index contributed by atoms with van der Waals surface area (Å²) in [6.45, 7) is 6.62. The van der Waals surface area contributed by atoms with E-state index in [-0.39, 0.29) is 0 Å². The fourth-order valence-electron chi connectivity index (χ4n) is 4.88. The van der Waals surface area contributed by atoms with E-state index >= 15 is 0 Å². The van der Waals surface area contributed by atoms with Crippen molar-refractivity contribution in [2.75, 3.05) is 26.2 Å². The van der Waals surface area contributed by atoms with Crippen LogP contribution in [-0.2, 0) is 17.8 Å². The van der Waals surface area contributed by atoms with E-state index in [1.54, 1.807) is 0 Å². The van der Waals surface area contributed by atoms with Crippen LogP contribution in [0.25, 0.3) is 0 Å². The lowest BCUT2D eigenvalue weighted by atomic mass is 9.91. The fourth-order valence-corrected chi connectivity index (χ4v) is 4.88. The number of rotatable bonds is 9. The molecule has 0 radical (unpaired) electrons. The Morgan fingerprint density at radius 2 is 1.31 bits per heavy atom. The SMILES string of the molecule is c1ccc(CN(Cc2ccccc2)C2CCC(OCCN3CCCC3)CC2)cc1. The molecule has 1 heterocycles. The number of ether oxygens (including phenoxy) is 1. The van der Waals surface area contributed by atoms with E-state index in [0.717, 1.165) is 26.2 Å². The van der Waals surface area contributed by atoms with Gasteiger partial charge in [0.1, 0.15) is 0 Å². The number of hydrogen-bond donors (Lipinski definition) is 0. The molecule has 2 aliphatic rings. The Bertz CT molecular complexity index is 650. The van der Waals surface area contributed by atoms with E-state index in [1.165, 1.54) is 62.7 Å². The summed E-state index contributed by atoms with van der Waals surface area (Å²) in [4.78, 5) is 5.23. The summed E-state index contributed by atoms with van der Waals surface area (Å²) in [5.41, 5.74) is 2.82. The van der Waals surface area contributed by atoms with Gasteiger partial charge < -0.3 is 9.64 Å². The minimum absolute atomic E-state index is 0.462. The van der Waals surface area contributed by atoms with Gasteiger partial charge in [0.25, 0.3) is 0 Å². The number of likely N-dealkylation sites (tertiary alicyclic amines) is 1. The molecule has 4 rings (SSSR count). The first-order chi connectivity index (χ1) is 14.4. The van der Waals surface area contributed by atoms with Crippen LogP contribution in [0.5, 0.6) is 0 Å². The summed E-state index contributed by atoms with van der Waals surface area (Å²) in [6.07, 6.45) is 8.08. The number of benzene rings is 2. The second-order valence-corrected chi connectivity index (χ2v) is 8.73. The minimum Gasteiger partial charge on any atom is -0.377 e. The maximum Gasteiger partial charge on any atom is 0.0597 e. The molecule has 2 aromatic carbocycles. The van der Waals surface area contributed by atoms with Gasteiger partial charge in [-0.25, -0.2) is 0 Å². The van der Waals surface area contributed by atoms with Gasteiger partial charge in [0, 0.05) is 25.7 Å². The first-order valence-electron chi connectivity index (χ1n) is 11.5. The monoisotopic (exact) mass is 392 g/mol. The van der Waals surface area contributed by atoms with E-state index in [1.807, 2.05) is 0 Å². The van der Waals surface area contributed by atoms with Gasteiger partial charge in [-0.2, -0.15) is 0 Å². The van der Waals surface area contributed by atoms with Crippen molar-refractivity contribution in [1.29, 1.82) is 0 Å². The van der Waals surface area contributed by atoms with Crippen LogP contribution in [0.2, 0.25) is 0 Å². The van der Waals surface area contributed by atoms with Gasteiger partial charge in [0.15, 0.2) is 0 Å². The molecule has 0 unspecified atom stereocenters. The number of nitrogens with zero attached hydrogens (tertiary/aromatic N) is 2. The maximum absolute atomic E-state index is 6.25. The van der Waals surface area contributed by atoms with Gasteiger partial charge in [-0.15, -0.1) is 0 Å². The molecule has 1 saturated heterocycles. The standard InChI is InChI=1S/C26H36N2O/c1-3-9-23(10-4-1)21-28(22-24-11-5-2-6-12-24)25-13-15-26(16-14-25)29-20-19-27-17-7-8-18-27/h1-6,9-12,25-26H,7-8,13-22H2. The summed E-state index contributed by atoms with van der Waals surface area (Å²) >= 11 is 0. The molecule has 1 saturated carbocycles. The van der Waals surface area contributed by atoms with Gasteiger partial charge in [0.2, 0.25) is 0 Å². The van der Waals surface area contributed by atoms with Crippen molar-refractivity contribution in [1.82, 2.24) is 9.80 Å². The van der Waals surface area contributed by atoms with Crippen LogP contribution >= 0.6 is 0 Å². The molecule has 0 aromatic heterocycles. The molecule has 3 heteroatoms. The Balaban J connectivity index is 1.29. The maximum atomic E-state index is 6.25. The van der Waals surface area contributed by atoms with Crippen LogP contribution < -0.4 is 0 Å². The molecule has 29 heavy (non-hydrogen) atoms. The zero-order valence-corrected chi connectivity index (χ0v) is 17.7. The highest BCUT2D eigenvalue weighted by Crippen LogP contribution is 2.27. The summed E-state index contributed by atoms with van der Waals surface area (Å²) in [5, 5.41) is 0. The molecule has 1 aliphatic carbocycles. The summed E-state index contributed by atoms with van der Waals surface area (Å²) in [7, 11) is 0. The van der Waals surface area contributed by atoms with E-state index in [4.69, 9.17) is 4.74 Å². The average Bonchev–Trinajstić information content (AvgIpc) is 3.29. The molecule has 2 aromatic rings. The van der Waals surface area contributed by atoms with E-state index in [0.29, 0.717) is 12.1 Å². The lowest BCUT2D eigenvalue weighted by Gasteiger charge is -2.37. The molecule has 0 amide bonds. The predicted molar refractivity (Wildman–Crippen MR) is 120 cm³/mol. The Kier molecular flexibility index (Phi) is 7.75. The largest absolute Gasteiger partial charge is 0.377 e. The summed E-state index contributed by atoms with van der Waals surface area (Å²) in [6, 6.07) is 22.5. The van der Waals surface area contributed by atoms with Crippen LogP contribution in [0.3, 0.4) is 0 Å². The topological polar surface area (TPSA) is 15.7 Å². The highest BCUT2D eigenvalue weighted by Gasteiger charge is 2.26. The summed E-state index contributed by atoms with van der Waals surface area (Å²) < 4.78 is 6.25. The predicted octanol–water partition coefficient (Wildman–Crippen LogP) is 5.11. The quantitative estimate of drug-likeness (QED) is 0.590. The molecule has 156 valence electrons. The zero-order chi connectivity index (χ0) is 19.7. The van der Waals surface area contributed by atoms with Crippen molar-refractivity contribution in [3.63, 3.8) is 0 Å². The highest BCUT2D eigenvalue weighted by atomic mass is 16.5. The van der Waals surface area contributed by atoms with Crippen molar-refractivity contribution in [3.8, 4) is 0 Å². The van der Waals surface area contributed by atoms with Gasteiger partial charge in [0.05, 0.1) is 12.7 Å². The van der Waals surface area contributed by atoms with Gasteiger partial charge >= 0.3 is 0 Å². The Morgan fingerprint density at radius 1 is 0.759 bits per heavy atom. The lowest BCUT2D eigenvalue weighted by molar-refractivity contribution is -0.00220. The molecular formula is C26H36N2O. The molecule has 0 spiro atoms. The smallest absolute Gasteiger partial charge is 0.0597 e. The molecule has 2 fully saturated rings. The highest BCUT2D eigenvalue weighted by molar-refractivity contribution is 5.17. The first kappa shape index (κ1) is 20.6. The third kappa shape index (κ3) is 6.40. The van der Waals surface area contributed by atoms with Crippen molar-refractivity contribution in [2.45, 2.75) is 63.8 Å². The van der Waals surface area contributed by atoms with Crippen LogP contribution in [0, 0.1) is 0 Å². The molecule has 0 atom stereocenters. The molecule has 0 bridgehead atoms. The van der Waals surface area contributed by atoms with Gasteiger partial charge in [-0.05, 0) is 62.7 Å². The van der Waals surface area contributed by atoms with E-state index in [2.05, 4.69) is 70.5 Å². The average molecular weight is 393 g/mol. The van der Waals surface area contributed by atoms with Crippen molar-refractivity contribution < 1.29 is 4.74 Å². The zero-order valence-electron chi connectivity index (χ0n) is 17.7. The normalized spacial score (nSPS) is 22.9. The van der Waals surface area contributed by atoms with Crippen LogP contribution in [0.4, 0.5) is 0 Å². The van der Waals surface area contributed by atoms with Crippen molar-refractivity contribution >= 4 is 0 Å². The van der Waals surface area contributed by atoms with E-state index < -0.39 is 0 Å². The number of hydrogen-bond acceptors (Lipinski definition) is 3. The fraction of sp³-hybridized carbons (Fsp3) is 0.538. The van der Waals surface area contributed by atoms with E-state index in [9.17, 15) is 0 Å². The minimum atomic E-state index is 0.462. The van der Waals surface area contributed by atoms with Gasteiger partial charge in [-0.1, -0.05) is 60.7 Å². The molecular weight excluding hydrogens is 356 g/mol. The van der Waals surface area contributed by atoms with Crippen LogP contribution in [0.15, 0.2) is 60.7 Å². The van der Waals surface area contributed by atoms with Crippen molar-refractivity contribution in [3.05, 3.63) is 71.8 Å².